The van der Waals surface area contributed by atoms with Gasteiger partial charge in [0.15, 0.2) is 11.1 Å². The first kappa shape index (κ1) is 5.70. The highest BCUT2D eigenvalue weighted by Crippen LogP contribution is 2.20. The summed E-state index contributed by atoms with van der Waals surface area (Å²) < 4.78 is 5.02. The Morgan fingerprint density at radius 2 is 2.25 bits per heavy atom. The molecule has 0 radical (unpaired) electrons. The lowest BCUT2D eigenvalue weighted by molar-refractivity contribution is 0.458. The van der Waals surface area contributed by atoms with Crippen LogP contribution in [0.4, 0.5) is 0 Å². The van der Waals surface area contributed by atoms with Crippen LogP contribution in [-0.2, 0) is 0 Å². The van der Waals surface area contributed by atoms with E-state index in [4.69, 9.17) is 4.52 Å². The molecule has 0 saturated heterocycles. The lowest BCUT2D eigenvalue weighted by Crippen LogP contribution is -1.69. The fourth-order valence-corrected chi connectivity index (χ4v) is 1.24. The van der Waals surface area contributed by atoms with Gasteiger partial charge < -0.3 is 4.52 Å². The van der Waals surface area contributed by atoms with Crippen molar-refractivity contribution in [1.82, 2.24) is 20.6 Å². The molecule has 5 nitrogen and oxygen atoms in total. The third-order valence-corrected chi connectivity index (χ3v) is 1.81. The van der Waals surface area contributed by atoms with Crippen LogP contribution in [-0.4, -0.2) is 20.6 Å². The molecule has 0 unspecified atom stereocenters. The molecule has 5 heteroatoms. The topological polar surface area (TPSA) is 67.6 Å². The Hall–Kier alpha value is -1.91. The van der Waals surface area contributed by atoms with Gasteiger partial charge in [-0.1, -0.05) is 5.16 Å². The molecule has 58 valence electrons. The van der Waals surface area contributed by atoms with Crippen molar-refractivity contribution in [2.24, 2.45) is 0 Å². The summed E-state index contributed by atoms with van der Waals surface area (Å²) in [5.74, 6) is 0. The van der Waals surface area contributed by atoms with Crippen molar-refractivity contribution in [3.05, 3.63) is 18.3 Å². The Labute approximate surface area is 66.3 Å². The quantitative estimate of drug-likeness (QED) is 0.534. The average molecular weight is 160 g/mol. The molecule has 1 N–H and O–H groups in total. The van der Waals surface area contributed by atoms with Gasteiger partial charge in [0.2, 0.25) is 0 Å². The summed E-state index contributed by atoms with van der Waals surface area (Å²) in [4.78, 5) is 0. The smallest absolute Gasteiger partial charge is 0.196 e. The lowest BCUT2D eigenvalue weighted by Gasteiger charge is -1.84. The molecule has 3 aromatic rings. The third-order valence-electron chi connectivity index (χ3n) is 1.81. The average Bonchev–Trinajstić information content (AvgIpc) is 2.71. The number of H-pyrrole nitrogens is 1. The van der Waals surface area contributed by atoms with Gasteiger partial charge in [-0.05, 0) is 12.1 Å². The van der Waals surface area contributed by atoms with Crippen molar-refractivity contribution in [2.45, 2.75) is 0 Å². The summed E-state index contributed by atoms with van der Waals surface area (Å²) in [6.45, 7) is 0. The minimum Gasteiger partial charge on any atom is -0.354 e. The molecule has 0 aliphatic rings. The zero-order valence-corrected chi connectivity index (χ0v) is 5.98. The van der Waals surface area contributed by atoms with Crippen molar-refractivity contribution in [3.63, 3.8) is 0 Å². The SMILES string of the molecule is c1cc2n[nH]nc2c2oncc12. The van der Waals surface area contributed by atoms with E-state index >= 15 is 0 Å². The van der Waals surface area contributed by atoms with E-state index in [2.05, 4.69) is 20.6 Å². The highest BCUT2D eigenvalue weighted by molar-refractivity contribution is 5.99. The molecular formula is C7H4N4O. The summed E-state index contributed by atoms with van der Waals surface area (Å²) in [5, 5.41) is 15.0. The second-order valence-electron chi connectivity index (χ2n) is 2.50. The number of rotatable bonds is 0. The number of benzene rings is 1. The summed E-state index contributed by atoms with van der Waals surface area (Å²) in [5.41, 5.74) is 2.20. The van der Waals surface area contributed by atoms with E-state index in [0.717, 1.165) is 16.4 Å². The highest BCUT2D eigenvalue weighted by atomic mass is 16.5. The van der Waals surface area contributed by atoms with Gasteiger partial charge in [0.1, 0.15) is 5.52 Å². The predicted molar refractivity (Wildman–Crippen MR) is 41.5 cm³/mol. The molecule has 3 rings (SSSR count). The minimum absolute atomic E-state index is 0.682. The van der Waals surface area contributed by atoms with Gasteiger partial charge >= 0.3 is 0 Å². The molecule has 0 aliphatic carbocycles. The van der Waals surface area contributed by atoms with Crippen LogP contribution in [0.5, 0.6) is 0 Å². The first-order valence-electron chi connectivity index (χ1n) is 3.49. The second-order valence-corrected chi connectivity index (χ2v) is 2.50. The standard InChI is InChI=1S/C7H4N4O/c1-2-5-6(10-11-9-5)7-4(1)3-8-12-7/h1-3H,(H,9,10,11). The second kappa shape index (κ2) is 1.82. The summed E-state index contributed by atoms with van der Waals surface area (Å²) in [6.07, 6.45) is 1.66. The number of fused-ring (bicyclic) bond motifs is 3. The number of aromatic amines is 1. The Kier molecular flexibility index (Phi) is 0.864. The Morgan fingerprint density at radius 3 is 3.25 bits per heavy atom. The Balaban J connectivity index is 2.71. The molecule has 0 saturated carbocycles. The molecule has 12 heavy (non-hydrogen) atoms. The summed E-state index contributed by atoms with van der Waals surface area (Å²) in [7, 11) is 0. The van der Waals surface area contributed by atoms with E-state index in [1.807, 2.05) is 12.1 Å². The van der Waals surface area contributed by atoms with Crippen molar-refractivity contribution in [2.75, 3.05) is 0 Å². The van der Waals surface area contributed by atoms with E-state index in [1.165, 1.54) is 0 Å². The molecule has 0 aliphatic heterocycles. The van der Waals surface area contributed by atoms with Gasteiger partial charge in [0.05, 0.1) is 6.20 Å². The van der Waals surface area contributed by atoms with Crippen molar-refractivity contribution in [1.29, 1.82) is 0 Å². The number of nitrogens with one attached hydrogen (secondary N) is 1. The maximum atomic E-state index is 5.02. The van der Waals surface area contributed by atoms with Crippen LogP contribution in [0.3, 0.4) is 0 Å². The summed E-state index contributed by atoms with van der Waals surface area (Å²) >= 11 is 0. The van der Waals surface area contributed by atoms with Crippen LogP contribution < -0.4 is 0 Å². The van der Waals surface area contributed by atoms with Gasteiger partial charge in [-0.2, -0.15) is 15.4 Å². The van der Waals surface area contributed by atoms with Crippen molar-refractivity contribution < 1.29 is 4.52 Å². The number of nitrogens with zero attached hydrogens (tertiary/aromatic N) is 3. The molecule has 0 fully saturated rings. The highest BCUT2D eigenvalue weighted by Gasteiger charge is 2.06. The van der Waals surface area contributed by atoms with Gasteiger partial charge in [-0.15, -0.1) is 0 Å². The molecule has 0 amide bonds. The first-order chi connectivity index (χ1) is 5.95. The van der Waals surface area contributed by atoms with E-state index in [1.54, 1.807) is 6.20 Å². The van der Waals surface area contributed by atoms with Crippen molar-refractivity contribution in [3.8, 4) is 0 Å². The van der Waals surface area contributed by atoms with Crippen LogP contribution in [0.2, 0.25) is 0 Å². The lowest BCUT2D eigenvalue weighted by atomic mass is 10.2. The molecule has 2 heterocycles. The van der Waals surface area contributed by atoms with Crippen molar-refractivity contribution >= 4 is 22.0 Å². The maximum absolute atomic E-state index is 5.02. The largest absolute Gasteiger partial charge is 0.354 e. The van der Waals surface area contributed by atoms with Crippen LogP contribution in [0.25, 0.3) is 22.0 Å². The monoisotopic (exact) mass is 160 g/mol. The van der Waals surface area contributed by atoms with Crippen LogP contribution in [0.15, 0.2) is 22.9 Å². The fourth-order valence-electron chi connectivity index (χ4n) is 1.24. The molecule has 2 aromatic heterocycles. The number of hydrogen-bond donors (Lipinski definition) is 1. The van der Waals surface area contributed by atoms with E-state index in [9.17, 15) is 0 Å². The number of aromatic nitrogens is 4. The zero-order valence-electron chi connectivity index (χ0n) is 5.98. The van der Waals surface area contributed by atoms with E-state index in [0.29, 0.717) is 5.58 Å². The van der Waals surface area contributed by atoms with E-state index in [-0.39, 0.29) is 0 Å². The first-order valence-corrected chi connectivity index (χ1v) is 3.49. The molecule has 1 aromatic carbocycles. The third kappa shape index (κ3) is 0.554. The van der Waals surface area contributed by atoms with Gasteiger partial charge in [0, 0.05) is 5.39 Å². The van der Waals surface area contributed by atoms with Crippen LogP contribution in [0, 0.1) is 0 Å². The Bertz CT molecular complexity index is 489. The summed E-state index contributed by atoms with van der Waals surface area (Å²) in [6, 6.07) is 3.77. The predicted octanol–water partition coefficient (Wildman–Crippen LogP) is 1.10. The molecule has 0 spiro atoms. The molecule has 0 atom stereocenters. The maximum Gasteiger partial charge on any atom is 0.196 e. The normalized spacial score (nSPS) is 11.3. The number of hydrogen-bond acceptors (Lipinski definition) is 4. The van der Waals surface area contributed by atoms with Gasteiger partial charge in [-0.25, -0.2) is 0 Å². The van der Waals surface area contributed by atoms with Crippen LogP contribution in [0.1, 0.15) is 0 Å². The fraction of sp³-hybridized carbons (Fsp3) is 0. The molecule has 0 bridgehead atoms. The Morgan fingerprint density at radius 1 is 1.25 bits per heavy atom. The van der Waals surface area contributed by atoms with E-state index < -0.39 is 0 Å². The van der Waals surface area contributed by atoms with Crippen LogP contribution >= 0.6 is 0 Å². The molecular weight excluding hydrogens is 156 g/mol. The zero-order chi connectivity index (χ0) is 7.97. The van der Waals surface area contributed by atoms with Gasteiger partial charge in [-0.3, -0.25) is 0 Å². The minimum atomic E-state index is 0.682. The van der Waals surface area contributed by atoms with Gasteiger partial charge in [0.25, 0.3) is 0 Å².